The first-order valence-electron chi connectivity index (χ1n) is 39.1. The van der Waals surface area contributed by atoms with Crippen LogP contribution in [-0.2, 0) is 25.9 Å². The van der Waals surface area contributed by atoms with E-state index in [1.807, 2.05) is 80.2 Å². The van der Waals surface area contributed by atoms with Crippen LogP contribution in [0.3, 0.4) is 0 Å². The fraction of sp³-hybridized carbons (Fsp3) is 0.389. The van der Waals surface area contributed by atoms with E-state index in [1.54, 1.807) is 21.3 Å². The molecule has 0 atom stereocenters. The second-order valence-electron chi connectivity index (χ2n) is 30.3. The Morgan fingerprint density at radius 1 is 0.394 bits per heavy atom. The molecule has 0 amide bonds. The Morgan fingerprint density at radius 3 is 1.04 bits per heavy atom. The number of Topliss-reactive ketones (excluding diaryl/α,β-unsaturated/α-hetero) is 1. The molecule has 6 aromatic carbocycles. The van der Waals surface area contributed by atoms with Crippen molar-refractivity contribution in [3.05, 3.63) is 198 Å². The highest BCUT2D eigenvalue weighted by Gasteiger charge is 2.34. The van der Waals surface area contributed by atoms with E-state index < -0.39 is 0 Å². The van der Waals surface area contributed by atoms with Crippen molar-refractivity contribution in [1.29, 1.82) is 15.8 Å². The number of hydrogen-bond donors (Lipinski definition) is 1. The predicted octanol–water partition coefficient (Wildman–Crippen LogP) is 15.8. The van der Waals surface area contributed by atoms with Gasteiger partial charge in [0.25, 0.3) is 0 Å². The predicted molar refractivity (Wildman–Crippen MR) is 437 cm³/mol. The number of carbonyl (C=O) groups excluding carboxylic acids is 1. The van der Waals surface area contributed by atoms with Crippen molar-refractivity contribution in [2.45, 2.75) is 107 Å². The van der Waals surface area contributed by atoms with Crippen LogP contribution in [0.25, 0.3) is 65.4 Å². The van der Waals surface area contributed by atoms with E-state index in [0.29, 0.717) is 54.0 Å². The molecule has 6 fully saturated rings. The molecule has 0 unspecified atom stereocenters. The number of nitriles is 3. The molecule has 3 aliphatic heterocycles. The summed E-state index contributed by atoms with van der Waals surface area (Å²) in [5, 5.41) is 38.3. The third-order valence-corrected chi connectivity index (χ3v) is 24.2. The lowest BCUT2D eigenvalue weighted by atomic mass is 9.81. The number of benzene rings is 6. The Balaban J connectivity index is 0.000000121. The highest BCUT2D eigenvalue weighted by atomic mass is 16.5. The van der Waals surface area contributed by atoms with Crippen LogP contribution in [0.1, 0.15) is 128 Å². The average molecular weight is 1450 g/mol. The molecule has 1 N–H and O–H groups in total. The van der Waals surface area contributed by atoms with Gasteiger partial charge in [-0.25, -0.2) is 0 Å². The minimum Gasteiger partial charge on any atom is -0.494 e. The van der Waals surface area contributed by atoms with E-state index >= 15 is 0 Å². The number of fused-ring (bicyclic) bond motifs is 6. The first-order valence-corrected chi connectivity index (χ1v) is 39.1. The summed E-state index contributed by atoms with van der Waals surface area (Å²) in [4.78, 5) is 37.9. The third-order valence-electron chi connectivity index (χ3n) is 24.2. The number of methoxy groups -OCH3 is 3. The Labute approximate surface area is 639 Å². The van der Waals surface area contributed by atoms with Gasteiger partial charge < -0.3 is 47.9 Å². The Morgan fingerprint density at radius 2 is 0.716 bits per heavy atom. The number of rotatable bonds is 11. The lowest BCUT2D eigenvalue weighted by Crippen LogP contribution is -2.51. The summed E-state index contributed by atoms with van der Waals surface area (Å²) >= 11 is 0. The highest BCUT2D eigenvalue weighted by molar-refractivity contribution is 5.97. The summed E-state index contributed by atoms with van der Waals surface area (Å²) in [7, 11) is 11.5. The van der Waals surface area contributed by atoms with Crippen LogP contribution in [-0.4, -0.2) is 156 Å². The van der Waals surface area contributed by atoms with Gasteiger partial charge in [-0.3, -0.25) is 29.5 Å². The molecule has 9 heterocycles. The molecule has 0 radical (unpaired) electrons. The van der Waals surface area contributed by atoms with E-state index in [2.05, 4.69) is 172 Å². The maximum atomic E-state index is 11.4. The zero-order valence-corrected chi connectivity index (χ0v) is 63.8. The number of aromatic nitrogens is 6. The lowest BCUT2D eigenvalue weighted by molar-refractivity contribution is -0.120. The monoisotopic (exact) mass is 1450 g/mol. The van der Waals surface area contributed by atoms with Gasteiger partial charge in [-0.15, -0.1) is 0 Å². The molecule has 12 aromatic rings. The van der Waals surface area contributed by atoms with Gasteiger partial charge in [-0.05, 0) is 208 Å². The number of aryl methyl sites for hydroxylation is 3. The van der Waals surface area contributed by atoms with E-state index in [-0.39, 0.29) is 0 Å². The molecular formula is C90H99N15O4. The maximum absolute atomic E-state index is 11.4. The average Bonchev–Trinajstić information content (AvgIpc) is 1.18. The lowest BCUT2D eigenvalue weighted by Gasteiger charge is -2.43. The summed E-state index contributed by atoms with van der Waals surface area (Å²) in [5.74, 6) is 4.71. The zero-order chi connectivity index (χ0) is 75.1. The van der Waals surface area contributed by atoms with Crippen LogP contribution >= 0.6 is 0 Å². The molecule has 19 nitrogen and oxygen atoms in total. The first kappa shape index (κ1) is 73.5. The van der Waals surface area contributed by atoms with Crippen molar-refractivity contribution in [3.63, 3.8) is 0 Å². The van der Waals surface area contributed by atoms with Crippen LogP contribution in [0.4, 0.5) is 17.1 Å². The number of hydrogen-bond acceptors (Lipinski definition) is 16. The normalized spacial score (nSPS) is 19.5. The quantitative estimate of drug-likeness (QED) is 0.128. The van der Waals surface area contributed by atoms with Crippen molar-refractivity contribution in [2.24, 2.45) is 21.1 Å². The number of nitrogens with zero attached hydrogens (tertiary/aromatic N) is 14. The Bertz CT molecular complexity index is 5160. The van der Waals surface area contributed by atoms with Gasteiger partial charge in [0.1, 0.15) is 40.1 Å². The fourth-order valence-electron chi connectivity index (χ4n) is 18.5. The van der Waals surface area contributed by atoms with Crippen LogP contribution in [0.2, 0.25) is 0 Å². The number of nitrogens with one attached hydrogen (secondary N) is 1. The topological polar surface area (TPSA) is 198 Å². The van der Waals surface area contributed by atoms with Gasteiger partial charge in [0.15, 0.2) is 0 Å². The van der Waals surface area contributed by atoms with Gasteiger partial charge in [0, 0.05) is 211 Å². The fourth-order valence-corrected chi connectivity index (χ4v) is 18.5. The number of ether oxygens (including phenoxy) is 3. The summed E-state index contributed by atoms with van der Waals surface area (Å²) in [5.41, 5.74) is 16.4. The molecule has 3 saturated carbocycles. The molecule has 3 saturated heterocycles. The van der Waals surface area contributed by atoms with Gasteiger partial charge in [0.2, 0.25) is 0 Å². The van der Waals surface area contributed by atoms with E-state index in [4.69, 9.17) is 29.4 Å². The Hall–Kier alpha value is -11.0. The number of ketones is 1. The second-order valence-corrected chi connectivity index (χ2v) is 30.3. The van der Waals surface area contributed by atoms with E-state index in [1.165, 1.54) is 95.2 Å². The van der Waals surface area contributed by atoms with E-state index in [0.717, 1.165) is 175 Å². The summed E-state index contributed by atoms with van der Waals surface area (Å²) in [6, 6.07) is 50.8. The van der Waals surface area contributed by atoms with Crippen molar-refractivity contribution in [1.82, 2.24) is 43.8 Å². The summed E-state index contributed by atoms with van der Waals surface area (Å²) in [6.45, 7) is 12.2. The van der Waals surface area contributed by atoms with Crippen LogP contribution in [0.5, 0.6) is 17.2 Å². The van der Waals surface area contributed by atoms with Gasteiger partial charge >= 0.3 is 0 Å². The minimum atomic E-state index is 0.384. The molecular weight excluding hydrogens is 1360 g/mol. The summed E-state index contributed by atoms with van der Waals surface area (Å²) in [6.07, 6.45) is 25.4. The standard InChI is InChI=1S/2C30H33N5O.C16H16N2O.C14H17N3O/c2*1-33-20-26(25-18-21(19-31)5-11-27(25)33)22-6-9-24(10-7-22)34-14-16-35(17-15-34)30-28(36-2)12-8-23-4-3-13-32-29(23)30;1-18-10-15(12-3-5-13(19)6-4-12)14-8-11(9-17)2-7-16(14)18;1-18-12-5-4-11-3-2-6-16-13(11)14(12)17-9-7-15-8-10-17/h2*3-5,8,11-13,18,20,22,24H,6-7,9-10,14-17H2,1-2H3;2,7-8,10,12H,3-6H2,1H3;2-6,15H,7-10H2,1H3. The first-order chi connectivity index (χ1) is 53.4. The number of piperazine rings is 3. The molecule has 3 aliphatic carbocycles. The van der Waals surface area contributed by atoms with Crippen LogP contribution in [0.15, 0.2) is 165 Å². The van der Waals surface area contributed by atoms with Crippen molar-refractivity contribution < 1.29 is 19.0 Å². The van der Waals surface area contributed by atoms with Gasteiger partial charge in [-0.2, -0.15) is 15.8 Å². The third kappa shape index (κ3) is 15.5. The molecule has 18 rings (SSSR count). The molecule has 558 valence electrons. The van der Waals surface area contributed by atoms with Crippen molar-refractivity contribution in [3.8, 4) is 35.5 Å². The van der Waals surface area contributed by atoms with Crippen LogP contribution < -0.4 is 34.2 Å². The van der Waals surface area contributed by atoms with Gasteiger partial charge in [-0.1, -0.05) is 18.2 Å². The number of pyridine rings is 3. The smallest absolute Gasteiger partial charge is 0.144 e. The highest BCUT2D eigenvalue weighted by Crippen LogP contribution is 2.45. The zero-order valence-electron chi connectivity index (χ0n) is 63.8. The van der Waals surface area contributed by atoms with Crippen LogP contribution in [0, 0.1) is 34.0 Å². The summed E-state index contributed by atoms with van der Waals surface area (Å²) < 4.78 is 23.5. The van der Waals surface area contributed by atoms with Crippen molar-refractivity contribution in [2.75, 3.05) is 115 Å². The molecule has 19 heteroatoms. The molecule has 6 aromatic heterocycles. The molecule has 109 heavy (non-hydrogen) atoms. The largest absolute Gasteiger partial charge is 0.494 e. The Kier molecular flexibility index (Phi) is 22.4. The SMILES string of the molecule is COc1ccc2cccnc2c1N1CCN(C2CCC(c3cn(C)c4ccc(C#N)cc34)CC2)CC1.COc1ccc2cccnc2c1N1CCN(C2CCC(c3cn(C)c4ccc(C#N)cc34)CC2)CC1.COc1ccc2cccnc2c1N1CCNCC1.Cn1cc(C2CCC(=O)CC2)c2cc(C#N)ccc21. The van der Waals surface area contributed by atoms with Crippen molar-refractivity contribution >= 4 is 88.3 Å². The maximum Gasteiger partial charge on any atom is 0.144 e. The molecule has 6 aliphatic rings. The molecule has 0 spiro atoms. The van der Waals surface area contributed by atoms with Gasteiger partial charge in [0.05, 0.1) is 72.8 Å². The number of carbonyl (C=O) groups is 1. The second kappa shape index (κ2) is 33.2. The number of anilines is 3. The van der Waals surface area contributed by atoms with E-state index in [9.17, 15) is 15.3 Å². The molecule has 0 bridgehead atoms. The minimum absolute atomic E-state index is 0.384.